The Kier molecular flexibility index (Phi) is 5.50. The molecule has 0 saturated heterocycles. The Hall–Kier alpha value is -4.37. The number of amides is 1. The molecule has 0 saturated carbocycles. The lowest BCUT2D eigenvalue weighted by molar-refractivity contribution is -0.112. The van der Waals surface area contributed by atoms with Gasteiger partial charge in [-0.25, -0.2) is 0 Å². The summed E-state index contributed by atoms with van der Waals surface area (Å²) in [5.74, 6) is -0.685. The van der Waals surface area contributed by atoms with Gasteiger partial charge in [-0.1, -0.05) is 36.4 Å². The number of Topliss-reactive ketones (excluding diaryl/α,β-unsaturated/α-hetero) is 1. The van der Waals surface area contributed by atoms with E-state index in [1.165, 1.54) is 0 Å². The molecule has 0 atom stereocenters. The first-order chi connectivity index (χ1) is 15.1. The first kappa shape index (κ1) is 19.9. The fraction of sp³-hybridized carbons (Fsp3) is 0.0800. The lowest BCUT2D eigenvalue weighted by Crippen LogP contribution is -2.22. The van der Waals surface area contributed by atoms with Crippen molar-refractivity contribution in [2.45, 2.75) is 6.54 Å². The highest BCUT2D eigenvalue weighted by Crippen LogP contribution is 2.24. The zero-order valence-corrected chi connectivity index (χ0v) is 16.8. The van der Waals surface area contributed by atoms with Crippen molar-refractivity contribution in [2.75, 3.05) is 12.4 Å². The SMILES string of the molecule is COc1ccc(NC(=O)C(=O)c2cn(Cc3ccccc3C#N)c3ccccc23)cc1. The summed E-state index contributed by atoms with van der Waals surface area (Å²) in [6, 6.07) is 23.7. The van der Waals surface area contributed by atoms with E-state index >= 15 is 0 Å². The summed E-state index contributed by atoms with van der Waals surface area (Å²) in [5, 5.41) is 12.7. The number of para-hydroxylation sites is 1. The second-order valence-electron chi connectivity index (χ2n) is 6.97. The van der Waals surface area contributed by atoms with E-state index in [4.69, 9.17) is 4.74 Å². The molecule has 1 aromatic heterocycles. The number of ketones is 1. The zero-order valence-electron chi connectivity index (χ0n) is 16.8. The number of benzene rings is 3. The second kappa shape index (κ2) is 8.56. The fourth-order valence-corrected chi connectivity index (χ4v) is 3.49. The standard InChI is InChI=1S/C25H19N3O3/c1-31-20-12-10-19(11-13-20)27-25(30)24(29)22-16-28(23-9-5-4-8-21(22)23)15-18-7-3-2-6-17(18)14-26/h2-13,16H,15H2,1H3,(H,27,30). The molecular weight excluding hydrogens is 390 g/mol. The lowest BCUT2D eigenvalue weighted by Gasteiger charge is -2.07. The van der Waals surface area contributed by atoms with Crippen LogP contribution in [0.3, 0.4) is 0 Å². The van der Waals surface area contributed by atoms with Crippen LogP contribution in [0.15, 0.2) is 79.0 Å². The summed E-state index contributed by atoms with van der Waals surface area (Å²) < 4.78 is 6.99. The van der Waals surface area contributed by atoms with Crippen molar-refractivity contribution >= 4 is 28.3 Å². The first-order valence-corrected chi connectivity index (χ1v) is 9.66. The molecule has 31 heavy (non-hydrogen) atoms. The summed E-state index contributed by atoms with van der Waals surface area (Å²) in [7, 11) is 1.56. The van der Waals surface area contributed by atoms with Crippen molar-refractivity contribution in [3.63, 3.8) is 0 Å². The quantitative estimate of drug-likeness (QED) is 0.378. The van der Waals surface area contributed by atoms with Gasteiger partial charge in [0.25, 0.3) is 11.7 Å². The Morgan fingerprint density at radius 3 is 2.45 bits per heavy atom. The van der Waals surface area contributed by atoms with Gasteiger partial charge in [0.15, 0.2) is 0 Å². The summed E-state index contributed by atoms with van der Waals surface area (Å²) >= 11 is 0. The van der Waals surface area contributed by atoms with E-state index < -0.39 is 11.7 Å². The largest absolute Gasteiger partial charge is 0.497 e. The minimum atomic E-state index is -0.717. The Morgan fingerprint density at radius 1 is 1.00 bits per heavy atom. The Bertz CT molecular complexity index is 1310. The monoisotopic (exact) mass is 409 g/mol. The predicted molar refractivity (Wildman–Crippen MR) is 118 cm³/mol. The number of methoxy groups -OCH3 is 1. The molecule has 4 rings (SSSR count). The normalized spacial score (nSPS) is 10.5. The second-order valence-corrected chi connectivity index (χ2v) is 6.97. The minimum absolute atomic E-state index is 0.316. The number of nitrogens with one attached hydrogen (secondary N) is 1. The highest BCUT2D eigenvalue weighted by molar-refractivity contribution is 6.48. The number of ether oxygens (including phenoxy) is 1. The Balaban J connectivity index is 1.65. The molecule has 0 spiro atoms. The van der Waals surface area contributed by atoms with E-state index in [2.05, 4.69) is 11.4 Å². The van der Waals surface area contributed by atoms with Crippen molar-refractivity contribution in [1.29, 1.82) is 5.26 Å². The van der Waals surface area contributed by atoms with Gasteiger partial charge in [0.1, 0.15) is 5.75 Å². The number of carbonyl (C=O) groups is 2. The molecule has 0 bridgehead atoms. The van der Waals surface area contributed by atoms with E-state index in [-0.39, 0.29) is 0 Å². The predicted octanol–water partition coefficient (Wildman–Crippen LogP) is 4.39. The van der Waals surface area contributed by atoms with E-state index in [9.17, 15) is 14.9 Å². The van der Waals surface area contributed by atoms with E-state index in [1.807, 2.05) is 47.0 Å². The fourth-order valence-electron chi connectivity index (χ4n) is 3.49. The van der Waals surface area contributed by atoms with E-state index in [0.717, 1.165) is 11.1 Å². The molecule has 0 radical (unpaired) electrons. The molecule has 1 heterocycles. The van der Waals surface area contributed by atoms with Crippen LogP contribution in [0.25, 0.3) is 10.9 Å². The van der Waals surface area contributed by atoms with Crippen LogP contribution in [0.1, 0.15) is 21.5 Å². The van der Waals surface area contributed by atoms with Crippen molar-refractivity contribution in [3.8, 4) is 11.8 Å². The number of hydrogen-bond acceptors (Lipinski definition) is 4. The smallest absolute Gasteiger partial charge is 0.296 e. The van der Waals surface area contributed by atoms with Crippen LogP contribution in [-0.2, 0) is 11.3 Å². The molecule has 0 fully saturated rings. The first-order valence-electron chi connectivity index (χ1n) is 9.66. The van der Waals surface area contributed by atoms with Crippen LogP contribution in [-0.4, -0.2) is 23.4 Å². The Labute approximate surface area is 179 Å². The molecular formula is C25H19N3O3. The molecule has 6 nitrogen and oxygen atoms in total. The summed E-state index contributed by atoms with van der Waals surface area (Å²) in [4.78, 5) is 25.6. The number of aromatic nitrogens is 1. The van der Waals surface area contributed by atoms with Crippen LogP contribution < -0.4 is 10.1 Å². The molecule has 0 aliphatic carbocycles. The van der Waals surface area contributed by atoms with Crippen molar-refractivity contribution in [2.24, 2.45) is 0 Å². The van der Waals surface area contributed by atoms with Gasteiger partial charge in [0, 0.05) is 29.3 Å². The minimum Gasteiger partial charge on any atom is -0.497 e. The Morgan fingerprint density at radius 2 is 1.71 bits per heavy atom. The number of nitrogens with zero attached hydrogens (tertiary/aromatic N) is 2. The molecule has 0 aliphatic heterocycles. The number of carbonyl (C=O) groups excluding carboxylic acids is 2. The van der Waals surface area contributed by atoms with Crippen LogP contribution in [0.5, 0.6) is 5.75 Å². The number of rotatable bonds is 6. The van der Waals surface area contributed by atoms with Gasteiger partial charge < -0.3 is 14.6 Å². The summed E-state index contributed by atoms with van der Waals surface area (Å²) in [5.41, 5.74) is 3.05. The topological polar surface area (TPSA) is 84.1 Å². The van der Waals surface area contributed by atoms with Gasteiger partial charge in [0.2, 0.25) is 0 Å². The number of hydrogen-bond donors (Lipinski definition) is 1. The van der Waals surface area contributed by atoms with E-state index in [1.54, 1.807) is 43.6 Å². The third-order valence-electron chi connectivity index (χ3n) is 5.07. The molecule has 1 amide bonds. The third kappa shape index (κ3) is 4.02. The molecule has 6 heteroatoms. The van der Waals surface area contributed by atoms with Crippen molar-refractivity contribution < 1.29 is 14.3 Å². The van der Waals surface area contributed by atoms with Gasteiger partial charge >= 0.3 is 0 Å². The van der Waals surface area contributed by atoms with Crippen LogP contribution in [0, 0.1) is 11.3 Å². The highest BCUT2D eigenvalue weighted by Gasteiger charge is 2.22. The third-order valence-corrected chi connectivity index (χ3v) is 5.07. The van der Waals surface area contributed by atoms with Crippen LogP contribution in [0.4, 0.5) is 5.69 Å². The maximum absolute atomic E-state index is 13.0. The van der Waals surface area contributed by atoms with Gasteiger partial charge in [-0.3, -0.25) is 9.59 Å². The molecule has 3 aromatic carbocycles. The summed E-state index contributed by atoms with van der Waals surface area (Å²) in [6.45, 7) is 0.414. The van der Waals surface area contributed by atoms with Gasteiger partial charge in [-0.05, 0) is 42.0 Å². The van der Waals surface area contributed by atoms with Gasteiger partial charge in [-0.2, -0.15) is 5.26 Å². The molecule has 1 N–H and O–H groups in total. The number of fused-ring (bicyclic) bond motifs is 1. The maximum atomic E-state index is 13.0. The number of nitriles is 1. The average molecular weight is 409 g/mol. The average Bonchev–Trinajstić information content (AvgIpc) is 3.18. The van der Waals surface area contributed by atoms with Gasteiger partial charge in [0.05, 0.1) is 24.3 Å². The van der Waals surface area contributed by atoms with Gasteiger partial charge in [-0.15, -0.1) is 0 Å². The highest BCUT2D eigenvalue weighted by atomic mass is 16.5. The maximum Gasteiger partial charge on any atom is 0.296 e. The molecule has 0 unspecified atom stereocenters. The summed E-state index contributed by atoms with van der Waals surface area (Å²) in [6.07, 6.45) is 1.68. The zero-order chi connectivity index (χ0) is 21.8. The van der Waals surface area contributed by atoms with E-state index in [0.29, 0.717) is 34.5 Å². The molecule has 152 valence electrons. The van der Waals surface area contributed by atoms with Crippen molar-refractivity contribution in [1.82, 2.24) is 4.57 Å². The molecule has 0 aliphatic rings. The van der Waals surface area contributed by atoms with Crippen LogP contribution in [0.2, 0.25) is 0 Å². The van der Waals surface area contributed by atoms with Crippen molar-refractivity contribution in [3.05, 3.63) is 95.7 Å². The number of anilines is 1. The lowest BCUT2D eigenvalue weighted by atomic mass is 10.1. The van der Waals surface area contributed by atoms with Crippen LogP contribution >= 0.6 is 0 Å². The molecule has 4 aromatic rings.